The van der Waals surface area contributed by atoms with Gasteiger partial charge in [-0.05, 0) is 36.2 Å². The van der Waals surface area contributed by atoms with Crippen LogP contribution in [0.4, 0.5) is 0 Å². The molecule has 1 aromatic carbocycles. The largest absolute Gasteiger partial charge is 0.497 e. The fourth-order valence-electron chi connectivity index (χ4n) is 3.55. The molecule has 1 aromatic heterocycles. The van der Waals surface area contributed by atoms with E-state index in [2.05, 4.69) is 37.6 Å². The van der Waals surface area contributed by atoms with Crippen molar-refractivity contribution in [3.63, 3.8) is 0 Å². The molecule has 0 aliphatic carbocycles. The second-order valence-electron chi connectivity index (χ2n) is 7.16. The maximum Gasteiger partial charge on any atom is 0.191 e. The maximum atomic E-state index is 5.38. The minimum atomic E-state index is 0.378. The van der Waals surface area contributed by atoms with E-state index in [9.17, 15) is 0 Å². The van der Waals surface area contributed by atoms with Crippen molar-refractivity contribution < 1.29 is 9.47 Å². The summed E-state index contributed by atoms with van der Waals surface area (Å²) >= 11 is 0. The lowest BCUT2D eigenvalue weighted by atomic mass is 10.2. The molecule has 156 valence electrons. The summed E-state index contributed by atoms with van der Waals surface area (Å²) in [6.07, 6.45) is 3.78. The van der Waals surface area contributed by atoms with Gasteiger partial charge in [0.15, 0.2) is 5.96 Å². The van der Waals surface area contributed by atoms with Crippen LogP contribution in [0.3, 0.4) is 0 Å². The molecule has 0 bridgehead atoms. The number of aliphatic imine (C=N–C) groups is 1. The highest BCUT2D eigenvalue weighted by Gasteiger charge is 2.23. The molecule has 1 aliphatic heterocycles. The zero-order chi connectivity index (χ0) is 20.5. The standard InChI is InChI=1S/C22H31N5O2/c1-23-22(25-10-7-18-6-4-5-9-24-18)26-19-8-11-27(16-19)15-17-12-20(28-2)14-21(13-17)29-3/h4-6,9,12-14,19H,7-8,10-11,15-16H2,1-3H3,(H2,23,25,26). The van der Waals surface area contributed by atoms with Gasteiger partial charge in [-0.2, -0.15) is 0 Å². The molecule has 29 heavy (non-hydrogen) atoms. The van der Waals surface area contributed by atoms with Crippen molar-refractivity contribution in [1.29, 1.82) is 0 Å². The Hall–Kier alpha value is -2.80. The molecule has 0 spiro atoms. The molecule has 7 nitrogen and oxygen atoms in total. The molecular weight excluding hydrogens is 366 g/mol. The van der Waals surface area contributed by atoms with Crippen molar-refractivity contribution in [3.05, 3.63) is 53.9 Å². The Morgan fingerprint density at radius 2 is 2.00 bits per heavy atom. The lowest BCUT2D eigenvalue weighted by Crippen LogP contribution is -2.45. The van der Waals surface area contributed by atoms with Crippen molar-refractivity contribution in [3.8, 4) is 11.5 Å². The molecule has 1 atom stereocenters. The molecule has 2 N–H and O–H groups in total. The second-order valence-corrected chi connectivity index (χ2v) is 7.16. The summed E-state index contributed by atoms with van der Waals surface area (Å²) in [6.45, 7) is 3.69. The Labute approximate surface area is 173 Å². The number of hydrogen-bond donors (Lipinski definition) is 2. The number of rotatable bonds is 8. The van der Waals surface area contributed by atoms with Crippen LogP contribution in [0, 0.1) is 0 Å². The normalized spacial score (nSPS) is 17.2. The number of guanidine groups is 1. The number of ether oxygens (including phenoxy) is 2. The number of hydrogen-bond acceptors (Lipinski definition) is 5. The van der Waals surface area contributed by atoms with E-state index in [4.69, 9.17) is 9.47 Å². The molecule has 1 aliphatic rings. The molecule has 1 saturated heterocycles. The van der Waals surface area contributed by atoms with Crippen LogP contribution in [0.2, 0.25) is 0 Å². The Balaban J connectivity index is 1.46. The number of likely N-dealkylation sites (tertiary alicyclic amines) is 1. The number of aromatic nitrogens is 1. The summed E-state index contributed by atoms with van der Waals surface area (Å²) in [6, 6.07) is 12.4. The van der Waals surface area contributed by atoms with E-state index < -0.39 is 0 Å². The van der Waals surface area contributed by atoms with Crippen LogP contribution in [0.1, 0.15) is 17.7 Å². The predicted octanol–water partition coefficient (Wildman–Crippen LogP) is 2.08. The smallest absolute Gasteiger partial charge is 0.191 e. The zero-order valence-electron chi connectivity index (χ0n) is 17.5. The monoisotopic (exact) mass is 397 g/mol. The molecule has 1 fully saturated rings. The van der Waals surface area contributed by atoms with Gasteiger partial charge in [-0.25, -0.2) is 0 Å². The van der Waals surface area contributed by atoms with Crippen LogP contribution in [-0.4, -0.2) is 62.8 Å². The first kappa shape index (κ1) is 20.9. The summed E-state index contributed by atoms with van der Waals surface area (Å²) in [5, 5.41) is 6.93. The third-order valence-electron chi connectivity index (χ3n) is 5.05. The highest BCUT2D eigenvalue weighted by molar-refractivity contribution is 5.80. The molecule has 2 heterocycles. The van der Waals surface area contributed by atoms with Crippen molar-refractivity contribution >= 4 is 5.96 Å². The minimum Gasteiger partial charge on any atom is -0.497 e. The van der Waals surface area contributed by atoms with Gasteiger partial charge in [0.05, 0.1) is 14.2 Å². The van der Waals surface area contributed by atoms with Crippen LogP contribution in [0.15, 0.2) is 47.6 Å². The number of nitrogens with one attached hydrogen (secondary N) is 2. The average molecular weight is 398 g/mol. The van der Waals surface area contributed by atoms with Gasteiger partial charge in [-0.1, -0.05) is 6.07 Å². The molecule has 0 radical (unpaired) electrons. The van der Waals surface area contributed by atoms with E-state index in [0.29, 0.717) is 6.04 Å². The molecule has 0 saturated carbocycles. The SMILES string of the molecule is CN=C(NCCc1ccccn1)NC1CCN(Cc2cc(OC)cc(OC)c2)C1. The highest BCUT2D eigenvalue weighted by atomic mass is 16.5. The highest BCUT2D eigenvalue weighted by Crippen LogP contribution is 2.24. The van der Waals surface area contributed by atoms with E-state index in [1.54, 1.807) is 14.2 Å². The lowest BCUT2D eigenvalue weighted by molar-refractivity contribution is 0.321. The first-order valence-electron chi connectivity index (χ1n) is 10.0. The van der Waals surface area contributed by atoms with E-state index in [1.165, 1.54) is 5.56 Å². The summed E-state index contributed by atoms with van der Waals surface area (Å²) < 4.78 is 10.8. The Bertz CT molecular complexity index is 775. The quantitative estimate of drug-likeness (QED) is 0.525. The summed E-state index contributed by atoms with van der Waals surface area (Å²) in [5.41, 5.74) is 2.27. The van der Waals surface area contributed by atoms with Crippen molar-refractivity contribution in [2.24, 2.45) is 4.99 Å². The predicted molar refractivity (Wildman–Crippen MR) is 116 cm³/mol. The average Bonchev–Trinajstić information content (AvgIpc) is 3.20. The third kappa shape index (κ3) is 6.35. The van der Waals surface area contributed by atoms with E-state index in [0.717, 1.165) is 62.2 Å². The Morgan fingerprint density at radius 3 is 2.66 bits per heavy atom. The molecule has 0 amide bonds. The molecule has 3 rings (SSSR count). The number of benzene rings is 1. The first-order valence-corrected chi connectivity index (χ1v) is 10.0. The van der Waals surface area contributed by atoms with Crippen LogP contribution < -0.4 is 20.1 Å². The molecular formula is C22H31N5O2. The number of methoxy groups -OCH3 is 2. The third-order valence-corrected chi connectivity index (χ3v) is 5.05. The van der Waals surface area contributed by atoms with Crippen LogP contribution in [-0.2, 0) is 13.0 Å². The van der Waals surface area contributed by atoms with Crippen molar-refractivity contribution in [2.45, 2.75) is 25.4 Å². The van der Waals surface area contributed by atoms with Gasteiger partial charge in [-0.3, -0.25) is 14.9 Å². The van der Waals surface area contributed by atoms with Crippen molar-refractivity contribution in [2.75, 3.05) is 40.9 Å². The minimum absolute atomic E-state index is 0.378. The fraction of sp³-hybridized carbons (Fsp3) is 0.455. The first-order chi connectivity index (χ1) is 14.2. The number of pyridine rings is 1. The van der Waals surface area contributed by atoms with Gasteiger partial charge in [0.2, 0.25) is 0 Å². The number of nitrogens with zero attached hydrogens (tertiary/aromatic N) is 3. The Kier molecular flexibility index (Phi) is 7.69. The zero-order valence-corrected chi connectivity index (χ0v) is 17.5. The Morgan fingerprint density at radius 1 is 1.21 bits per heavy atom. The fourth-order valence-corrected chi connectivity index (χ4v) is 3.55. The van der Waals surface area contributed by atoms with Gasteiger partial charge in [0.25, 0.3) is 0 Å². The molecule has 7 heteroatoms. The van der Waals surface area contributed by atoms with Gasteiger partial charge < -0.3 is 20.1 Å². The summed E-state index contributed by atoms with van der Waals surface area (Å²) in [7, 11) is 5.17. The van der Waals surface area contributed by atoms with Crippen LogP contribution >= 0.6 is 0 Å². The van der Waals surface area contributed by atoms with E-state index >= 15 is 0 Å². The van der Waals surface area contributed by atoms with Gasteiger partial charge >= 0.3 is 0 Å². The second kappa shape index (κ2) is 10.7. The summed E-state index contributed by atoms with van der Waals surface area (Å²) in [5.74, 6) is 2.49. The molecule has 2 aromatic rings. The maximum absolute atomic E-state index is 5.38. The van der Waals surface area contributed by atoms with E-state index in [-0.39, 0.29) is 0 Å². The topological polar surface area (TPSA) is 71.0 Å². The van der Waals surface area contributed by atoms with Crippen LogP contribution in [0.25, 0.3) is 0 Å². The van der Waals surface area contributed by atoms with Gasteiger partial charge in [-0.15, -0.1) is 0 Å². The molecule has 1 unspecified atom stereocenters. The van der Waals surface area contributed by atoms with E-state index in [1.807, 2.05) is 37.5 Å². The summed E-state index contributed by atoms with van der Waals surface area (Å²) in [4.78, 5) is 11.2. The van der Waals surface area contributed by atoms with Gasteiger partial charge in [0.1, 0.15) is 11.5 Å². The lowest BCUT2D eigenvalue weighted by Gasteiger charge is -2.19. The van der Waals surface area contributed by atoms with Gasteiger partial charge in [0, 0.05) is 63.6 Å². The van der Waals surface area contributed by atoms with Crippen molar-refractivity contribution in [1.82, 2.24) is 20.5 Å². The van der Waals surface area contributed by atoms with Crippen LogP contribution in [0.5, 0.6) is 11.5 Å².